The molecule has 0 bridgehead atoms. The largest absolute Gasteiger partial charge is 0.238 e. The molecule has 0 atom stereocenters. The molecule has 3 aromatic carbocycles. The molecule has 0 aliphatic carbocycles. The lowest BCUT2D eigenvalue weighted by Gasteiger charge is -2.27. The molecule has 0 N–H and O–H groups in total. The minimum absolute atomic E-state index is 0. The Morgan fingerprint density at radius 1 is 0.392 bits per heavy atom. The molecule has 0 fully saturated rings. The van der Waals surface area contributed by atoms with Gasteiger partial charge in [0.1, 0.15) is 0 Å². The van der Waals surface area contributed by atoms with E-state index >= 15 is 0 Å². The van der Waals surface area contributed by atoms with Crippen LogP contribution in [0.3, 0.4) is 0 Å². The molecule has 0 aliphatic rings. The van der Waals surface area contributed by atoms with Gasteiger partial charge in [-0.1, -0.05) is 176 Å². The van der Waals surface area contributed by atoms with Crippen LogP contribution in [0, 0.1) is 41.5 Å². The van der Waals surface area contributed by atoms with Gasteiger partial charge in [-0.2, -0.15) is 0 Å². The summed E-state index contributed by atoms with van der Waals surface area (Å²) in [6.45, 7) is 29.5. The zero-order chi connectivity index (χ0) is 37.8. The van der Waals surface area contributed by atoms with Crippen molar-refractivity contribution in [1.29, 1.82) is 0 Å². The summed E-state index contributed by atoms with van der Waals surface area (Å²) in [5.41, 5.74) is 6.30. The third kappa shape index (κ3) is 11.4. The molecule has 0 unspecified atom stereocenters. The van der Waals surface area contributed by atoms with Crippen molar-refractivity contribution in [2.24, 2.45) is 0 Å². The van der Waals surface area contributed by atoms with Gasteiger partial charge in [-0.05, 0) is 108 Å². The molecule has 0 nitrogen and oxygen atoms in total. The molecule has 0 heterocycles. The molecule has 3 aromatic rings. The van der Waals surface area contributed by atoms with E-state index in [1.807, 2.05) is 20.8 Å². The minimum atomic E-state index is -5.34. The van der Waals surface area contributed by atoms with E-state index in [2.05, 4.69) is 69.2 Å². The van der Waals surface area contributed by atoms with Crippen LogP contribution in [0.5, 0.6) is 0 Å². The summed E-state index contributed by atoms with van der Waals surface area (Å²) >= 11 is 34.0. The highest BCUT2D eigenvalue weighted by Crippen LogP contribution is 2.65. The van der Waals surface area contributed by atoms with Crippen molar-refractivity contribution in [2.75, 3.05) is 0 Å². The first kappa shape index (κ1) is 53.3. The number of halogens is 9. The van der Waals surface area contributed by atoms with Crippen molar-refractivity contribution in [3.05, 3.63) is 80.2 Å². The van der Waals surface area contributed by atoms with Crippen molar-refractivity contribution < 1.29 is 11.7 Å². The lowest BCUT2D eigenvalue weighted by Crippen LogP contribution is -2.15. The van der Waals surface area contributed by atoms with E-state index in [0.717, 1.165) is 63.3 Å². The Morgan fingerprint density at radius 2 is 0.569 bits per heavy atom. The second kappa shape index (κ2) is 18.9. The van der Waals surface area contributed by atoms with Gasteiger partial charge in [0.25, 0.3) is 0 Å². The maximum Gasteiger partial charge on any atom is 0.238 e. The van der Waals surface area contributed by atoms with E-state index in [4.69, 9.17) is 69.6 Å². The summed E-state index contributed by atoms with van der Waals surface area (Å²) in [7, 11) is 3.33. The highest BCUT2D eigenvalue weighted by atomic mass is 35.5. The van der Waals surface area contributed by atoms with Crippen molar-refractivity contribution in [2.45, 2.75) is 157 Å². The predicted octanol–water partition coefficient (Wildman–Crippen LogP) is 19.6. The first-order valence-electron chi connectivity index (χ1n) is 15.1. The van der Waals surface area contributed by atoms with Crippen LogP contribution in [0.1, 0.15) is 135 Å². The lowest BCUT2D eigenvalue weighted by molar-refractivity contribution is 0.586. The average molecular weight is 892 g/mol. The maximum atomic E-state index is 13.1. The van der Waals surface area contributed by atoms with Crippen LogP contribution in [0.25, 0.3) is 0 Å². The van der Waals surface area contributed by atoms with E-state index < -0.39 is 21.5 Å². The quantitative estimate of drug-likeness (QED) is 0.239. The summed E-state index contributed by atoms with van der Waals surface area (Å²) < 4.78 is 39.2. The normalized spacial score (nSPS) is 12.3. The van der Waals surface area contributed by atoms with Crippen LogP contribution in [0.4, 0.5) is 11.7 Å². The number of hydrogen-bond donors (Lipinski definition) is 0. The van der Waals surface area contributed by atoms with Gasteiger partial charge in [0.05, 0.1) is 14.9 Å². The molecule has 0 radical (unpaired) electrons. The molecule has 0 spiro atoms. The Morgan fingerprint density at radius 3 is 0.725 bits per heavy atom. The van der Waals surface area contributed by atoms with E-state index in [-0.39, 0.29) is 54.3 Å². The third-order valence-corrected chi connectivity index (χ3v) is 14.8. The van der Waals surface area contributed by atoms with Crippen LogP contribution in [0.15, 0.2) is 14.7 Å². The average Bonchev–Trinajstić information content (AvgIpc) is 2.89. The van der Waals surface area contributed by atoms with Crippen LogP contribution in [0.2, 0.25) is 30.1 Å². The van der Waals surface area contributed by atoms with Gasteiger partial charge < -0.3 is 0 Å². The topological polar surface area (TPSA) is 0 Å². The molecule has 0 aromatic heterocycles. The summed E-state index contributed by atoms with van der Waals surface area (Å²) in [6, 6.07) is 0. The van der Waals surface area contributed by atoms with Gasteiger partial charge in [-0.15, -0.1) is 11.7 Å². The Hall–Kier alpha value is 0.240. The first-order valence-corrected chi connectivity index (χ1v) is 20.9. The summed E-state index contributed by atoms with van der Waals surface area (Å²) in [5, 5.41) is 3.22. The Labute approximate surface area is 348 Å². The Kier molecular flexibility index (Phi) is 19.8. The van der Waals surface area contributed by atoms with Crippen LogP contribution in [-0.2, 0) is 16.2 Å². The highest BCUT2D eigenvalue weighted by molar-refractivity contribution is 8.76. The number of hydrogen-bond acceptors (Lipinski definition) is 2. The predicted molar refractivity (Wildman–Crippen MR) is 235 cm³/mol. The molecule has 0 saturated heterocycles. The fourth-order valence-electron chi connectivity index (χ4n) is 5.51. The molecular weight excluding hydrogens is 834 g/mol. The van der Waals surface area contributed by atoms with Gasteiger partial charge >= 0.3 is 0 Å². The molecule has 51 heavy (non-hydrogen) atoms. The van der Waals surface area contributed by atoms with Crippen molar-refractivity contribution in [1.82, 2.24) is 0 Å². The first-order chi connectivity index (χ1) is 21.4. The summed E-state index contributed by atoms with van der Waals surface area (Å²) in [4.78, 5) is 1.54. The van der Waals surface area contributed by atoms with E-state index in [1.54, 1.807) is 21.6 Å². The van der Waals surface area contributed by atoms with Crippen molar-refractivity contribution in [3.8, 4) is 0 Å². The standard InChI is InChI=1S/C24H30Cl4S2.C12H15Cl2F3S.3CH4/c1-11-17(25)15(23(5,6)7)18(26)12(2)21(11)29-30-22-13(3)19(27)16(24(8,9)10)20(28)14(22)4;1-6-9(13)8(12(3,4)5)10(14)7(2)11(6)18(15,16)17;;;/h1-10H3;1-5H3;3*1H4. The van der Waals surface area contributed by atoms with Gasteiger partial charge in [-0.25, -0.2) is 0 Å². The van der Waals surface area contributed by atoms with Crippen LogP contribution in [-0.4, -0.2) is 0 Å². The molecule has 12 heteroatoms. The molecule has 0 amide bonds. The lowest BCUT2D eigenvalue weighted by atomic mass is 9.85. The minimum Gasteiger partial charge on any atom is -0.120 e. The summed E-state index contributed by atoms with van der Waals surface area (Å²) in [5.74, 6) is 0. The number of benzene rings is 3. The number of rotatable bonds is 4. The fourth-order valence-corrected chi connectivity index (χ4v) is 12.8. The fraction of sp³-hybridized carbons (Fsp3) is 0.538. The maximum absolute atomic E-state index is 13.1. The molecule has 0 aliphatic heterocycles. The Balaban J connectivity index is 0. The molecule has 0 saturated carbocycles. The monoisotopic (exact) mass is 888 g/mol. The second-order valence-electron chi connectivity index (χ2n) is 15.1. The molecule has 3 rings (SSSR count). The summed E-state index contributed by atoms with van der Waals surface area (Å²) in [6.07, 6.45) is 0. The smallest absolute Gasteiger partial charge is 0.120 e. The molecule has 294 valence electrons. The van der Waals surface area contributed by atoms with E-state index in [9.17, 15) is 11.7 Å². The third-order valence-electron chi connectivity index (χ3n) is 8.03. The second-order valence-corrected chi connectivity index (χ2v) is 20.7. The van der Waals surface area contributed by atoms with Gasteiger partial charge in [0, 0.05) is 29.9 Å². The Bertz CT molecular complexity index is 1520. The molecular formula is C39H57Cl6F3S3. The van der Waals surface area contributed by atoms with Gasteiger partial charge in [-0.3, -0.25) is 0 Å². The van der Waals surface area contributed by atoms with Crippen LogP contribution >= 0.6 is 102 Å². The highest BCUT2D eigenvalue weighted by Gasteiger charge is 2.35. The van der Waals surface area contributed by atoms with Crippen molar-refractivity contribution >= 4 is 102 Å². The van der Waals surface area contributed by atoms with Gasteiger partial charge in [0.2, 0.25) is 11.2 Å². The van der Waals surface area contributed by atoms with E-state index in [1.165, 1.54) is 13.8 Å². The van der Waals surface area contributed by atoms with Gasteiger partial charge in [0.15, 0.2) is 0 Å². The zero-order valence-corrected chi connectivity index (χ0v) is 37.1. The SMILES string of the molecule is C.C.C.Cc1c(Cl)c(C(C)(C)C)c(Cl)c(C)c1S(F)(F)F.Cc1c(Cl)c(C(C)(C)C)c(Cl)c(C)c1SSc1c(C)c(Cl)c(C(C)(C)C)c(Cl)c1C. The zero-order valence-electron chi connectivity index (χ0n) is 30.1. The van der Waals surface area contributed by atoms with E-state index in [0.29, 0.717) is 5.56 Å². The van der Waals surface area contributed by atoms with Crippen LogP contribution < -0.4 is 0 Å². The van der Waals surface area contributed by atoms with Crippen molar-refractivity contribution in [3.63, 3.8) is 0 Å².